The Balaban J connectivity index is 2.49. The fourth-order valence-corrected chi connectivity index (χ4v) is 3.93. The lowest BCUT2D eigenvalue weighted by Gasteiger charge is -2.44. The van der Waals surface area contributed by atoms with E-state index in [-0.39, 0.29) is 0 Å². The Labute approximate surface area is 128 Å². The third-order valence-electron chi connectivity index (χ3n) is 5.58. The van der Waals surface area contributed by atoms with Crippen molar-refractivity contribution in [1.82, 2.24) is 5.32 Å². The van der Waals surface area contributed by atoms with Crippen LogP contribution in [-0.2, 0) is 0 Å². The van der Waals surface area contributed by atoms with Crippen LogP contribution in [0.2, 0.25) is 0 Å². The predicted molar refractivity (Wildman–Crippen MR) is 91.1 cm³/mol. The monoisotopic (exact) mass is 281 g/mol. The van der Waals surface area contributed by atoms with E-state index in [0.29, 0.717) is 10.8 Å². The Morgan fingerprint density at radius 2 is 1.65 bits per heavy atom. The maximum Gasteiger partial charge on any atom is 0.000769 e. The second-order valence-corrected chi connectivity index (χ2v) is 8.23. The minimum absolute atomic E-state index is 0.507. The van der Waals surface area contributed by atoms with Crippen LogP contribution in [0.15, 0.2) is 0 Å². The van der Waals surface area contributed by atoms with Gasteiger partial charge in [0.15, 0.2) is 0 Å². The average molecular weight is 282 g/mol. The summed E-state index contributed by atoms with van der Waals surface area (Å²) < 4.78 is 0. The zero-order valence-corrected chi connectivity index (χ0v) is 14.9. The van der Waals surface area contributed by atoms with Crippen molar-refractivity contribution in [3.8, 4) is 0 Å². The predicted octanol–water partition coefficient (Wildman–Crippen LogP) is 5.79. The molecule has 0 atom stereocenters. The van der Waals surface area contributed by atoms with E-state index in [0.717, 1.165) is 12.5 Å². The molecule has 20 heavy (non-hydrogen) atoms. The van der Waals surface area contributed by atoms with Crippen molar-refractivity contribution in [2.24, 2.45) is 16.7 Å². The molecule has 0 spiro atoms. The molecule has 1 heteroatoms. The zero-order valence-electron chi connectivity index (χ0n) is 14.9. The van der Waals surface area contributed by atoms with Gasteiger partial charge in [0.2, 0.25) is 0 Å². The summed E-state index contributed by atoms with van der Waals surface area (Å²) in [6.07, 6.45) is 12.9. The Bertz CT molecular complexity index is 243. The van der Waals surface area contributed by atoms with Crippen LogP contribution in [-0.4, -0.2) is 13.1 Å². The summed E-state index contributed by atoms with van der Waals surface area (Å²) in [6, 6.07) is 0. The molecular weight excluding hydrogens is 242 g/mol. The van der Waals surface area contributed by atoms with Gasteiger partial charge in [0.1, 0.15) is 0 Å². The highest BCUT2D eigenvalue weighted by atomic mass is 14.9. The summed E-state index contributed by atoms with van der Waals surface area (Å²) in [5, 5.41) is 3.65. The van der Waals surface area contributed by atoms with E-state index in [1.54, 1.807) is 0 Å². The first-order valence-corrected chi connectivity index (χ1v) is 9.14. The van der Waals surface area contributed by atoms with Gasteiger partial charge in [-0.2, -0.15) is 0 Å². The third-order valence-corrected chi connectivity index (χ3v) is 5.58. The van der Waals surface area contributed by atoms with Gasteiger partial charge in [-0.25, -0.2) is 0 Å². The van der Waals surface area contributed by atoms with Gasteiger partial charge in [0.25, 0.3) is 0 Å². The van der Waals surface area contributed by atoms with Crippen LogP contribution in [0.25, 0.3) is 0 Å². The Morgan fingerprint density at radius 1 is 1.00 bits per heavy atom. The molecule has 0 aliphatic heterocycles. The average Bonchev–Trinajstić information content (AvgIpc) is 2.41. The normalized spacial score (nSPS) is 27.8. The summed E-state index contributed by atoms with van der Waals surface area (Å²) in [5.74, 6) is 0.938. The summed E-state index contributed by atoms with van der Waals surface area (Å²) in [4.78, 5) is 0. The molecule has 1 aliphatic carbocycles. The van der Waals surface area contributed by atoms with Crippen molar-refractivity contribution < 1.29 is 0 Å². The van der Waals surface area contributed by atoms with Crippen molar-refractivity contribution in [2.45, 2.75) is 92.4 Å². The lowest BCUT2D eigenvalue weighted by molar-refractivity contribution is 0.0779. The quantitative estimate of drug-likeness (QED) is 0.555. The molecule has 0 aromatic heterocycles. The van der Waals surface area contributed by atoms with Crippen LogP contribution >= 0.6 is 0 Å². The van der Waals surface area contributed by atoms with Crippen LogP contribution < -0.4 is 5.32 Å². The van der Waals surface area contributed by atoms with E-state index >= 15 is 0 Å². The van der Waals surface area contributed by atoms with E-state index in [2.05, 4.69) is 39.9 Å². The number of nitrogens with one attached hydrogen (secondary N) is 1. The highest BCUT2D eigenvalue weighted by Crippen LogP contribution is 2.47. The molecule has 0 heterocycles. The van der Waals surface area contributed by atoms with Crippen LogP contribution in [0.1, 0.15) is 92.4 Å². The summed E-state index contributed by atoms with van der Waals surface area (Å²) >= 11 is 0. The lowest BCUT2D eigenvalue weighted by atomic mass is 9.62. The van der Waals surface area contributed by atoms with Gasteiger partial charge in [0.05, 0.1) is 0 Å². The van der Waals surface area contributed by atoms with Gasteiger partial charge >= 0.3 is 0 Å². The van der Waals surface area contributed by atoms with Crippen LogP contribution in [0, 0.1) is 16.7 Å². The van der Waals surface area contributed by atoms with Crippen molar-refractivity contribution >= 4 is 0 Å². The molecule has 1 fully saturated rings. The number of hydrogen-bond acceptors (Lipinski definition) is 1. The van der Waals surface area contributed by atoms with E-state index in [9.17, 15) is 0 Å². The first-order valence-electron chi connectivity index (χ1n) is 9.14. The molecule has 1 saturated carbocycles. The molecular formula is C19H39N. The first-order chi connectivity index (χ1) is 9.43. The minimum Gasteiger partial charge on any atom is -0.316 e. The highest BCUT2D eigenvalue weighted by Gasteiger charge is 2.37. The lowest BCUT2D eigenvalue weighted by Crippen LogP contribution is -2.39. The van der Waals surface area contributed by atoms with E-state index in [4.69, 9.17) is 0 Å². The second kappa shape index (κ2) is 8.41. The maximum absolute atomic E-state index is 3.65. The van der Waals surface area contributed by atoms with Crippen LogP contribution in [0.3, 0.4) is 0 Å². The second-order valence-electron chi connectivity index (χ2n) is 8.23. The summed E-state index contributed by atoms with van der Waals surface area (Å²) in [6.45, 7) is 14.2. The number of unbranched alkanes of at least 4 members (excludes halogenated alkanes) is 3. The summed E-state index contributed by atoms with van der Waals surface area (Å²) in [5.41, 5.74) is 1.12. The fourth-order valence-electron chi connectivity index (χ4n) is 3.93. The molecule has 0 unspecified atom stereocenters. The van der Waals surface area contributed by atoms with Gasteiger partial charge in [-0.05, 0) is 55.4 Å². The fraction of sp³-hybridized carbons (Fsp3) is 1.00. The third kappa shape index (κ3) is 5.76. The smallest absolute Gasteiger partial charge is 0.000769 e. The van der Waals surface area contributed by atoms with Crippen molar-refractivity contribution in [3.05, 3.63) is 0 Å². The molecule has 1 aliphatic rings. The van der Waals surface area contributed by atoms with Crippen molar-refractivity contribution in [3.63, 3.8) is 0 Å². The topological polar surface area (TPSA) is 12.0 Å². The largest absolute Gasteiger partial charge is 0.316 e. The zero-order chi connectivity index (χ0) is 15.1. The first kappa shape index (κ1) is 18.0. The Kier molecular flexibility index (Phi) is 7.58. The molecule has 120 valence electrons. The van der Waals surface area contributed by atoms with Gasteiger partial charge < -0.3 is 5.32 Å². The van der Waals surface area contributed by atoms with Gasteiger partial charge in [-0.15, -0.1) is 0 Å². The minimum atomic E-state index is 0.507. The van der Waals surface area contributed by atoms with E-state index in [1.165, 1.54) is 64.3 Å². The van der Waals surface area contributed by atoms with E-state index in [1.807, 2.05) is 0 Å². The molecule has 1 nitrogen and oxygen atoms in total. The van der Waals surface area contributed by atoms with Crippen molar-refractivity contribution in [2.75, 3.05) is 13.1 Å². The molecule has 1 N–H and O–H groups in total. The summed E-state index contributed by atoms with van der Waals surface area (Å²) in [7, 11) is 0. The van der Waals surface area contributed by atoms with Crippen LogP contribution in [0.5, 0.6) is 0 Å². The van der Waals surface area contributed by atoms with Gasteiger partial charge in [-0.3, -0.25) is 0 Å². The molecule has 0 bridgehead atoms. The molecule has 0 radical (unpaired) electrons. The molecule has 0 saturated heterocycles. The molecule has 0 aromatic carbocycles. The van der Waals surface area contributed by atoms with Crippen molar-refractivity contribution in [1.29, 1.82) is 0 Å². The molecule has 1 rings (SSSR count). The number of hydrogen-bond donors (Lipinski definition) is 1. The van der Waals surface area contributed by atoms with Gasteiger partial charge in [-0.1, -0.05) is 60.3 Å². The highest BCUT2D eigenvalue weighted by molar-refractivity contribution is 4.90. The maximum atomic E-state index is 3.65. The Hall–Kier alpha value is -0.0400. The van der Waals surface area contributed by atoms with Gasteiger partial charge in [0, 0.05) is 6.54 Å². The standard InChI is InChI=1S/C19H39N/c1-6-8-9-10-13-19(16-20-7-2)14-11-17(12-15-19)18(3,4)5/h17,20H,6-16H2,1-5H3. The molecule has 0 amide bonds. The molecule has 0 aromatic rings. The Morgan fingerprint density at radius 3 is 2.15 bits per heavy atom. The SMILES string of the molecule is CCCCCCC1(CNCC)CCC(C(C)(C)C)CC1. The van der Waals surface area contributed by atoms with Crippen LogP contribution in [0.4, 0.5) is 0 Å². The van der Waals surface area contributed by atoms with E-state index < -0.39 is 0 Å². The number of rotatable bonds is 8.